The van der Waals surface area contributed by atoms with Crippen LogP contribution in [0.4, 0.5) is 17.6 Å². The fourth-order valence-corrected chi connectivity index (χ4v) is 5.58. The van der Waals surface area contributed by atoms with Gasteiger partial charge in [-0.1, -0.05) is 30.0 Å². The number of hydrogen-bond donors (Lipinski definition) is 3. The molecule has 1 atom stereocenters. The predicted octanol–water partition coefficient (Wildman–Crippen LogP) is 4.00. The lowest BCUT2D eigenvalue weighted by Gasteiger charge is -2.17. The third-order valence-corrected chi connectivity index (χ3v) is 7.52. The van der Waals surface area contributed by atoms with Crippen LogP contribution in [0.5, 0.6) is 0 Å². The summed E-state index contributed by atoms with van der Waals surface area (Å²) in [5.74, 6) is -4.53. The average molecular weight is 590 g/mol. The van der Waals surface area contributed by atoms with Gasteiger partial charge in [-0.3, -0.25) is 24.1 Å². The monoisotopic (exact) mass is 589 g/mol. The Labute approximate surface area is 226 Å². The maximum Gasteiger partial charge on any atom is 0.419 e. The highest BCUT2D eigenvalue weighted by Crippen LogP contribution is 2.37. The highest BCUT2D eigenvalue weighted by Gasteiger charge is 2.35. The van der Waals surface area contributed by atoms with E-state index in [-0.39, 0.29) is 40.6 Å². The number of rotatable bonds is 10. The summed E-state index contributed by atoms with van der Waals surface area (Å²) in [7, 11) is 0. The molecule has 38 heavy (non-hydrogen) atoms. The zero-order valence-corrected chi connectivity index (χ0v) is 21.7. The number of nitrogens with one attached hydrogen (secondary N) is 1. The predicted molar refractivity (Wildman–Crippen MR) is 137 cm³/mol. The van der Waals surface area contributed by atoms with Crippen molar-refractivity contribution in [2.24, 2.45) is 5.73 Å². The van der Waals surface area contributed by atoms with Crippen molar-refractivity contribution >= 4 is 69.4 Å². The molecule has 1 saturated heterocycles. The molecule has 2 aromatic rings. The van der Waals surface area contributed by atoms with Crippen molar-refractivity contribution in [2.45, 2.75) is 31.5 Å². The fraction of sp³-hybridized carbons (Fsp3) is 0.261. The minimum absolute atomic E-state index is 0.107. The number of alkyl halides is 3. The van der Waals surface area contributed by atoms with Crippen molar-refractivity contribution in [3.8, 4) is 11.1 Å². The van der Waals surface area contributed by atoms with Crippen molar-refractivity contribution in [1.82, 2.24) is 10.2 Å². The van der Waals surface area contributed by atoms with Crippen LogP contribution < -0.4 is 11.1 Å². The molecule has 8 nitrogen and oxygen atoms in total. The maximum atomic E-state index is 13.6. The lowest BCUT2D eigenvalue weighted by atomic mass is 10.0. The number of primary amides is 1. The van der Waals surface area contributed by atoms with E-state index in [2.05, 4.69) is 5.32 Å². The van der Waals surface area contributed by atoms with E-state index < -0.39 is 47.3 Å². The summed E-state index contributed by atoms with van der Waals surface area (Å²) in [6.45, 7) is -0.107. The Bertz CT molecular complexity index is 1330. The van der Waals surface area contributed by atoms with Gasteiger partial charge in [-0.15, -0.1) is 11.3 Å². The normalized spacial score (nSPS) is 15.7. The number of carboxylic acids is 1. The van der Waals surface area contributed by atoms with E-state index in [1.165, 1.54) is 17.0 Å². The van der Waals surface area contributed by atoms with Crippen LogP contribution in [0.1, 0.15) is 29.7 Å². The van der Waals surface area contributed by atoms with E-state index in [0.29, 0.717) is 10.4 Å². The molecule has 15 heteroatoms. The second-order valence-corrected chi connectivity index (χ2v) is 10.6. The number of nitrogens with two attached hydrogens (primary N) is 1. The molecule has 1 aromatic carbocycles. The minimum Gasteiger partial charge on any atom is -0.481 e. The molecule has 0 radical (unpaired) electrons. The first-order valence-corrected chi connectivity index (χ1v) is 12.9. The Morgan fingerprint density at radius 2 is 1.89 bits per heavy atom. The topological polar surface area (TPSA) is 130 Å². The van der Waals surface area contributed by atoms with Crippen LogP contribution in [0.3, 0.4) is 0 Å². The number of carbonyl (C=O) groups excluding carboxylic acids is 3. The lowest BCUT2D eigenvalue weighted by molar-refractivity contribution is -0.140. The summed E-state index contributed by atoms with van der Waals surface area (Å²) in [6, 6.07) is 3.07. The van der Waals surface area contributed by atoms with E-state index in [4.69, 9.17) is 23.1 Å². The van der Waals surface area contributed by atoms with Crippen molar-refractivity contribution in [3.05, 3.63) is 50.8 Å². The Hall–Kier alpha value is -3.30. The number of nitrogens with zero attached hydrogens (tertiary/aromatic N) is 1. The fourth-order valence-electron chi connectivity index (χ4n) is 3.36. The van der Waals surface area contributed by atoms with Gasteiger partial charge in [0.15, 0.2) is 0 Å². The minimum atomic E-state index is -4.84. The molecular weight excluding hydrogens is 570 g/mol. The first kappa shape index (κ1) is 29.3. The molecule has 0 spiro atoms. The van der Waals surface area contributed by atoms with Crippen molar-refractivity contribution < 1.29 is 41.8 Å². The first-order valence-electron chi connectivity index (χ1n) is 10.8. The Morgan fingerprint density at radius 1 is 1.18 bits per heavy atom. The van der Waals surface area contributed by atoms with Crippen LogP contribution in [0.25, 0.3) is 17.2 Å². The van der Waals surface area contributed by atoms with Gasteiger partial charge in [0.05, 0.1) is 10.5 Å². The zero-order chi connectivity index (χ0) is 28.2. The van der Waals surface area contributed by atoms with E-state index >= 15 is 0 Å². The van der Waals surface area contributed by atoms with E-state index in [0.717, 1.165) is 35.2 Å². The van der Waals surface area contributed by atoms with Gasteiger partial charge in [0.2, 0.25) is 11.8 Å². The summed E-state index contributed by atoms with van der Waals surface area (Å²) >= 11 is 7.36. The van der Waals surface area contributed by atoms with Gasteiger partial charge in [0.1, 0.15) is 16.2 Å². The molecule has 202 valence electrons. The van der Waals surface area contributed by atoms with Gasteiger partial charge in [-0.05, 0) is 47.2 Å². The highest BCUT2D eigenvalue weighted by molar-refractivity contribution is 8.26. The second-order valence-electron chi connectivity index (χ2n) is 7.97. The van der Waals surface area contributed by atoms with E-state index in [1.807, 2.05) is 0 Å². The number of carboxylic acid groups (broad SMARTS) is 1. The summed E-state index contributed by atoms with van der Waals surface area (Å²) < 4.78 is 52.9. The third-order valence-electron chi connectivity index (χ3n) is 5.26. The molecule has 0 aliphatic carbocycles. The average Bonchev–Trinajstić information content (AvgIpc) is 3.38. The van der Waals surface area contributed by atoms with Crippen LogP contribution in [0.2, 0.25) is 0 Å². The summed E-state index contributed by atoms with van der Waals surface area (Å²) in [5.41, 5.74) is 4.38. The summed E-state index contributed by atoms with van der Waals surface area (Å²) in [4.78, 5) is 49.2. The molecular formula is C23H19F4N3O5S3. The molecule has 4 N–H and O–H groups in total. The van der Waals surface area contributed by atoms with Gasteiger partial charge in [0.25, 0.3) is 5.91 Å². The molecule has 3 amide bonds. The SMILES string of the molecule is NC(=O)[C@H](CCC(=O)O)NC(=O)CCN1C(=O)/C(=C/c2cc(-c3ccc(F)c(C(F)(F)F)c3)cs2)SC1=S. The standard InChI is InChI=1S/C23H19F4N3O5S3/c24-15-2-1-11(8-14(15)23(25,26)27)12-7-13(37-10-12)9-17-21(35)30(22(36)38-17)6-5-18(31)29-16(20(28)34)3-4-19(32)33/h1-2,7-10,16H,3-6H2,(H2,28,34)(H,29,31)(H,32,33)/b17-9-/t16-/m0/s1. The van der Waals surface area contributed by atoms with Crippen LogP contribution >= 0.6 is 35.3 Å². The number of thiocarbonyl (C=S) groups is 1. The van der Waals surface area contributed by atoms with Crippen LogP contribution in [-0.2, 0) is 25.4 Å². The maximum absolute atomic E-state index is 13.6. The van der Waals surface area contributed by atoms with Gasteiger partial charge < -0.3 is 16.2 Å². The number of amides is 3. The van der Waals surface area contributed by atoms with E-state index in [1.54, 1.807) is 11.4 Å². The van der Waals surface area contributed by atoms with Gasteiger partial charge in [-0.25, -0.2) is 4.39 Å². The Morgan fingerprint density at radius 3 is 2.53 bits per heavy atom. The molecule has 0 saturated carbocycles. The number of hydrogen-bond acceptors (Lipinski definition) is 7. The van der Waals surface area contributed by atoms with E-state index in [9.17, 15) is 36.7 Å². The third kappa shape index (κ3) is 7.39. The number of thioether (sulfide) groups is 1. The van der Waals surface area contributed by atoms with Crippen molar-refractivity contribution in [2.75, 3.05) is 6.54 Å². The van der Waals surface area contributed by atoms with Crippen LogP contribution in [0.15, 0.2) is 34.6 Å². The van der Waals surface area contributed by atoms with Crippen LogP contribution in [0, 0.1) is 5.82 Å². The van der Waals surface area contributed by atoms with Gasteiger partial charge in [-0.2, -0.15) is 13.2 Å². The quantitative estimate of drug-likeness (QED) is 0.217. The first-order chi connectivity index (χ1) is 17.8. The number of carbonyl (C=O) groups is 4. The number of halogens is 4. The van der Waals surface area contributed by atoms with Crippen molar-refractivity contribution in [1.29, 1.82) is 0 Å². The Balaban J connectivity index is 1.66. The molecule has 2 heterocycles. The number of aliphatic carboxylic acids is 1. The molecule has 3 rings (SSSR count). The molecule has 1 aliphatic rings. The number of benzene rings is 1. The number of thiophene rings is 1. The molecule has 1 fully saturated rings. The van der Waals surface area contributed by atoms with Gasteiger partial charge >= 0.3 is 12.1 Å². The van der Waals surface area contributed by atoms with Crippen LogP contribution in [-0.4, -0.2) is 50.6 Å². The van der Waals surface area contributed by atoms with Crippen molar-refractivity contribution in [3.63, 3.8) is 0 Å². The largest absolute Gasteiger partial charge is 0.481 e. The smallest absolute Gasteiger partial charge is 0.419 e. The Kier molecular flexibility index (Phi) is 9.27. The molecule has 0 bridgehead atoms. The second kappa shape index (κ2) is 12.0. The van der Waals surface area contributed by atoms with Gasteiger partial charge in [0, 0.05) is 24.3 Å². The highest BCUT2D eigenvalue weighted by atomic mass is 32.2. The molecule has 1 aliphatic heterocycles. The summed E-state index contributed by atoms with van der Waals surface area (Å²) in [5, 5.41) is 12.7. The molecule has 1 aromatic heterocycles. The molecule has 0 unspecified atom stereocenters. The summed E-state index contributed by atoms with van der Waals surface area (Å²) in [6.07, 6.45) is -4.12. The zero-order valence-electron chi connectivity index (χ0n) is 19.2. The lowest BCUT2D eigenvalue weighted by Crippen LogP contribution is -2.45.